The zero-order valence-corrected chi connectivity index (χ0v) is 24.2. The van der Waals surface area contributed by atoms with Crippen molar-refractivity contribution in [1.82, 2.24) is 0 Å². The summed E-state index contributed by atoms with van der Waals surface area (Å²) in [6, 6.07) is 0. The summed E-state index contributed by atoms with van der Waals surface area (Å²) < 4.78 is 25.4. The minimum Gasteiger partial charge on any atom is -0.393 e. The topological polar surface area (TPSA) is 118 Å². The highest BCUT2D eigenvalue weighted by atomic mass is 16.7. The van der Waals surface area contributed by atoms with Gasteiger partial charge in [0, 0.05) is 24.2 Å². The molecule has 8 nitrogen and oxygen atoms in total. The lowest BCUT2D eigenvalue weighted by Crippen LogP contribution is -2.60. The molecule has 0 unspecified atom stereocenters. The number of fused-ring (bicyclic) bond motifs is 7. The molecular weight excluding hydrogens is 512 g/mol. The highest BCUT2D eigenvalue weighted by molar-refractivity contribution is 5.29. The minimum atomic E-state index is -1.34. The van der Waals surface area contributed by atoms with Crippen LogP contribution in [-0.2, 0) is 18.9 Å². The van der Waals surface area contributed by atoms with Crippen LogP contribution in [0.1, 0.15) is 72.1 Å². The summed E-state index contributed by atoms with van der Waals surface area (Å²) in [5.41, 5.74) is 2.30. The molecule has 0 amide bonds. The van der Waals surface area contributed by atoms with Gasteiger partial charge in [0.25, 0.3) is 0 Å². The maximum atomic E-state index is 10.8. The van der Waals surface area contributed by atoms with Crippen LogP contribution >= 0.6 is 0 Å². The molecule has 0 bridgehead atoms. The Morgan fingerprint density at radius 3 is 2.60 bits per heavy atom. The van der Waals surface area contributed by atoms with E-state index in [0.29, 0.717) is 49.0 Å². The maximum absolute atomic E-state index is 10.8. The quantitative estimate of drug-likeness (QED) is 0.381. The van der Waals surface area contributed by atoms with E-state index in [1.54, 1.807) is 0 Å². The Morgan fingerprint density at radius 1 is 1.05 bits per heavy atom. The molecule has 3 heterocycles. The number of aliphatic hydroxyl groups excluding tert-OH is 4. The Labute approximate surface area is 237 Å². The highest BCUT2D eigenvalue weighted by Crippen LogP contribution is 2.70. The lowest BCUT2D eigenvalue weighted by Gasteiger charge is -2.60. The van der Waals surface area contributed by atoms with Gasteiger partial charge in [-0.15, -0.1) is 0 Å². The largest absolute Gasteiger partial charge is 0.393 e. The summed E-state index contributed by atoms with van der Waals surface area (Å²) in [7, 11) is 0. The van der Waals surface area contributed by atoms with E-state index in [2.05, 4.69) is 33.4 Å². The first-order chi connectivity index (χ1) is 19.0. The third-order valence-electron chi connectivity index (χ3n) is 12.9. The van der Waals surface area contributed by atoms with Gasteiger partial charge in [-0.2, -0.15) is 0 Å². The lowest BCUT2D eigenvalue weighted by atomic mass is 9.46. The third kappa shape index (κ3) is 3.86. The molecule has 224 valence electrons. The molecule has 40 heavy (non-hydrogen) atoms. The van der Waals surface area contributed by atoms with Gasteiger partial charge in [-0.05, 0) is 67.6 Å². The molecule has 4 N–H and O–H groups in total. The van der Waals surface area contributed by atoms with Gasteiger partial charge < -0.3 is 39.4 Å². The van der Waals surface area contributed by atoms with Gasteiger partial charge in [0.15, 0.2) is 12.1 Å². The molecule has 0 aromatic rings. The van der Waals surface area contributed by atoms with Gasteiger partial charge in [0.2, 0.25) is 0 Å². The van der Waals surface area contributed by atoms with E-state index in [1.807, 2.05) is 0 Å². The summed E-state index contributed by atoms with van der Waals surface area (Å²) in [6.45, 7) is 11.8. The predicted octanol–water partition coefficient (Wildman–Crippen LogP) is 3.07. The van der Waals surface area contributed by atoms with Crippen molar-refractivity contribution in [1.29, 1.82) is 0 Å². The van der Waals surface area contributed by atoms with Crippen molar-refractivity contribution < 1.29 is 39.4 Å². The van der Waals surface area contributed by atoms with Crippen molar-refractivity contribution in [3.05, 3.63) is 23.8 Å². The smallest absolute Gasteiger partial charge is 0.186 e. The van der Waals surface area contributed by atoms with E-state index in [-0.39, 0.29) is 29.6 Å². The van der Waals surface area contributed by atoms with Gasteiger partial charge >= 0.3 is 0 Å². The van der Waals surface area contributed by atoms with Crippen LogP contribution in [0.25, 0.3) is 0 Å². The second-order valence-corrected chi connectivity index (χ2v) is 14.7. The van der Waals surface area contributed by atoms with E-state index >= 15 is 0 Å². The van der Waals surface area contributed by atoms with E-state index in [4.69, 9.17) is 18.9 Å². The van der Waals surface area contributed by atoms with Crippen LogP contribution in [0.2, 0.25) is 0 Å². The van der Waals surface area contributed by atoms with Crippen LogP contribution in [0.15, 0.2) is 23.8 Å². The van der Waals surface area contributed by atoms with Crippen molar-refractivity contribution >= 4 is 0 Å². The Hall–Kier alpha value is -0.840. The molecule has 15 atom stereocenters. The fraction of sp³-hybridized carbons (Fsp3) is 0.875. The first-order valence-electron chi connectivity index (χ1n) is 15.6. The minimum absolute atomic E-state index is 0.0929. The molecule has 0 radical (unpaired) electrons. The second kappa shape index (κ2) is 9.58. The van der Waals surface area contributed by atoms with Crippen molar-refractivity contribution in [2.24, 2.45) is 40.4 Å². The maximum Gasteiger partial charge on any atom is 0.186 e. The molecule has 3 aliphatic heterocycles. The molecule has 3 saturated heterocycles. The summed E-state index contributed by atoms with van der Waals surface area (Å²) in [4.78, 5) is 0. The number of aliphatic hydroxyl groups is 4. The van der Waals surface area contributed by atoms with Crippen LogP contribution < -0.4 is 0 Å². The van der Waals surface area contributed by atoms with Crippen LogP contribution in [0.3, 0.4) is 0 Å². The fourth-order valence-electron chi connectivity index (χ4n) is 10.8. The SMILES string of the molecule is C=C1CC[C@@]2(OC1)O[C@H]1C[C@H]3[C@@H]4CC=C5C[C@@H](O)C[C@@H](O[C@@H]6OC[C@H](O)[C@H](O)[C@H]6O)[C@]5(C)[C@H]4CC[C@]3(C)[C@H]1[C@@H]2C. The average Bonchev–Trinajstić information content (AvgIpc) is 3.36. The van der Waals surface area contributed by atoms with Crippen LogP contribution in [0.4, 0.5) is 0 Å². The summed E-state index contributed by atoms with van der Waals surface area (Å²) in [5, 5.41) is 41.7. The molecule has 0 aromatic carbocycles. The van der Waals surface area contributed by atoms with Gasteiger partial charge in [0.05, 0.1) is 31.5 Å². The molecule has 3 saturated carbocycles. The number of allylic oxidation sites excluding steroid dienone is 1. The Kier molecular flexibility index (Phi) is 6.70. The fourth-order valence-corrected chi connectivity index (χ4v) is 10.8. The van der Waals surface area contributed by atoms with Gasteiger partial charge in [-0.1, -0.05) is 44.6 Å². The van der Waals surface area contributed by atoms with Crippen LogP contribution in [0.5, 0.6) is 0 Å². The van der Waals surface area contributed by atoms with Gasteiger partial charge in [0.1, 0.15) is 18.3 Å². The van der Waals surface area contributed by atoms with Crippen molar-refractivity contribution in [3.8, 4) is 0 Å². The Bertz CT molecular complexity index is 1050. The summed E-state index contributed by atoms with van der Waals surface area (Å²) in [5.74, 6) is 1.76. The third-order valence-corrected chi connectivity index (χ3v) is 12.9. The standard InChI is InChI=1S/C32H48O8/c1-16-7-10-32(38-14-16)17(2)26-24(40-32)13-22-20-6-5-18-11-19(33)12-25(31(18,4)21(20)8-9-30(22,26)3)39-29-28(36)27(35)23(34)15-37-29/h5,17,19-29,33-36H,1,6-15H2,2-4H3/t17-,19+,20+,21-,22-,23-,24-,25+,26-,27-,28+,29-,30-,31-,32+/m0/s1. The van der Waals surface area contributed by atoms with Gasteiger partial charge in [-0.3, -0.25) is 0 Å². The Morgan fingerprint density at radius 2 is 1.85 bits per heavy atom. The number of rotatable bonds is 2. The molecular formula is C32H48O8. The first-order valence-corrected chi connectivity index (χ1v) is 15.6. The molecule has 1 spiro atoms. The van der Waals surface area contributed by atoms with E-state index < -0.39 is 36.5 Å². The molecule has 7 aliphatic rings. The first kappa shape index (κ1) is 28.0. The average molecular weight is 561 g/mol. The normalized spacial score (nSPS) is 57.7. The van der Waals surface area contributed by atoms with Crippen LogP contribution in [-0.4, -0.2) is 82.3 Å². The lowest BCUT2D eigenvalue weighted by molar-refractivity contribution is -0.300. The van der Waals surface area contributed by atoms with Crippen molar-refractivity contribution in [3.63, 3.8) is 0 Å². The van der Waals surface area contributed by atoms with Crippen molar-refractivity contribution in [2.75, 3.05) is 13.2 Å². The van der Waals surface area contributed by atoms with E-state index in [1.165, 1.54) is 5.57 Å². The molecule has 7 rings (SSSR count). The Balaban J connectivity index is 1.15. The van der Waals surface area contributed by atoms with E-state index in [0.717, 1.165) is 44.1 Å². The van der Waals surface area contributed by atoms with E-state index in [9.17, 15) is 20.4 Å². The van der Waals surface area contributed by atoms with Crippen molar-refractivity contribution in [2.45, 2.75) is 121 Å². The molecule has 8 heteroatoms. The number of ether oxygens (including phenoxy) is 4. The zero-order chi connectivity index (χ0) is 28.2. The molecule has 4 aliphatic carbocycles. The monoisotopic (exact) mass is 560 g/mol. The highest BCUT2D eigenvalue weighted by Gasteiger charge is 2.69. The summed E-state index contributed by atoms with van der Waals surface area (Å²) in [6.07, 6.45) is 4.13. The van der Waals surface area contributed by atoms with Gasteiger partial charge in [-0.25, -0.2) is 0 Å². The second-order valence-electron chi connectivity index (χ2n) is 14.7. The molecule has 0 aromatic heterocycles. The van der Waals surface area contributed by atoms with Crippen LogP contribution in [0, 0.1) is 40.4 Å². The summed E-state index contributed by atoms with van der Waals surface area (Å²) >= 11 is 0. The number of hydrogen-bond acceptors (Lipinski definition) is 8. The number of hydrogen-bond donors (Lipinski definition) is 4. The molecule has 6 fully saturated rings. The predicted molar refractivity (Wildman–Crippen MR) is 146 cm³/mol. The zero-order valence-electron chi connectivity index (χ0n) is 24.2.